The van der Waals surface area contributed by atoms with E-state index in [1.165, 1.54) is 48.9 Å². The summed E-state index contributed by atoms with van der Waals surface area (Å²) in [5.41, 5.74) is 6.50. The van der Waals surface area contributed by atoms with Crippen molar-refractivity contribution in [1.82, 2.24) is 5.32 Å². The number of benzene rings is 1. The first kappa shape index (κ1) is 12.6. The maximum atomic E-state index is 3.38. The Bertz CT molecular complexity index is 402. The Kier molecular flexibility index (Phi) is 3.58. The van der Waals surface area contributed by atoms with Crippen LogP contribution in [-0.4, -0.2) is 13.6 Å². The summed E-state index contributed by atoms with van der Waals surface area (Å²) in [7, 11) is 2.08. The molecular formula is C16H25N. The fourth-order valence-electron chi connectivity index (χ4n) is 3.08. The molecule has 1 nitrogen and oxygen atoms in total. The van der Waals surface area contributed by atoms with Crippen molar-refractivity contribution >= 4 is 0 Å². The Balaban J connectivity index is 2.21. The standard InChI is InChI=1S/C16H25N/c1-12-6-7-15(14(3)13(12)2)10-16(11-17-4)8-5-9-16/h6-7,17H,5,8-11H2,1-4H3. The average molecular weight is 231 g/mol. The van der Waals surface area contributed by atoms with Gasteiger partial charge in [-0.25, -0.2) is 0 Å². The Morgan fingerprint density at radius 1 is 1.12 bits per heavy atom. The summed E-state index contributed by atoms with van der Waals surface area (Å²) in [6, 6.07) is 4.62. The molecule has 94 valence electrons. The lowest BCUT2D eigenvalue weighted by atomic mass is 9.65. The molecule has 0 aromatic heterocycles. The molecule has 1 heteroatoms. The fourth-order valence-corrected chi connectivity index (χ4v) is 3.08. The maximum Gasteiger partial charge on any atom is 0.000799 e. The minimum atomic E-state index is 0.543. The van der Waals surface area contributed by atoms with Gasteiger partial charge in [-0.1, -0.05) is 18.6 Å². The van der Waals surface area contributed by atoms with E-state index in [-0.39, 0.29) is 0 Å². The van der Waals surface area contributed by atoms with E-state index >= 15 is 0 Å². The predicted octanol–water partition coefficient (Wildman–Crippen LogP) is 3.54. The van der Waals surface area contributed by atoms with Gasteiger partial charge < -0.3 is 5.32 Å². The second kappa shape index (κ2) is 4.81. The summed E-state index contributed by atoms with van der Waals surface area (Å²) in [5.74, 6) is 0. The molecule has 0 aliphatic heterocycles. The fraction of sp³-hybridized carbons (Fsp3) is 0.625. The molecule has 2 rings (SSSR count). The van der Waals surface area contributed by atoms with Gasteiger partial charge in [0.2, 0.25) is 0 Å². The van der Waals surface area contributed by atoms with Crippen LogP contribution in [-0.2, 0) is 6.42 Å². The minimum Gasteiger partial charge on any atom is -0.319 e. The third kappa shape index (κ3) is 2.40. The van der Waals surface area contributed by atoms with Crippen molar-refractivity contribution in [2.24, 2.45) is 5.41 Å². The van der Waals surface area contributed by atoms with Gasteiger partial charge in [-0.05, 0) is 74.8 Å². The van der Waals surface area contributed by atoms with Crippen LogP contribution in [0, 0.1) is 26.2 Å². The van der Waals surface area contributed by atoms with Crippen LogP contribution in [0.2, 0.25) is 0 Å². The van der Waals surface area contributed by atoms with Gasteiger partial charge in [-0.3, -0.25) is 0 Å². The van der Waals surface area contributed by atoms with Crippen molar-refractivity contribution in [3.8, 4) is 0 Å². The first-order valence-electron chi connectivity index (χ1n) is 6.78. The van der Waals surface area contributed by atoms with Gasteiger partial charge in [-0.15, -0.1) is 0 Å². The molecule has 0 unspecified atom stereocenters. The predicted molar refractivity (Wildman–Crippen MR) is 74.6 cm³/mol. The molecule has 0 bridgehead atoms. The van der Waals surface area contributed by atoms with Gasteiger partial charge >= 0.3 is 0 Å². The molecule has 0 amide bonds. The van der Waals surface area contributed by atoms with E-state index < -0.39 is 0 Å². The Morgan fingerprint density at radius 2 is 1.82 bits per heavy atom. The highest BCUT2D eigenvalue weighted by Crippen LogP contribution is 2.43. The molecule has 17 heavy (non-hydrogen) atoms. The van der Waals surface area contributed by atoms with Crippen molar-refractivity contribution in [1.29, 1.82) is 0 Å². The topological polar surface area (TPSA) is 12.0 Å². The van der Waals surface area contributed by atoms with E-state index in [2.05, 4.69) is 45.3 Å². The van der Waals surface area contributed by atoms with Crippen molar-refractivity contribution in [3.05, 3.63) is 34.4 Å². The second-order valence-corrected chi connectivity index (χ2v) is 5.85. The molecule has 0 atom stereocenters. The van der Waals surface area contributed by atoms with Crippen LogP contribution >= 0.6 is 0 Å². The number of hydrogen-bond acceptors (Lipinski definition) is 1. The van der Waals surface area contributed by atoms with Crippen molar-refractivity contribution in [3.63, 3.8) is 0 Å². The van der Waals surface area contributed by atoms with Crippen LogP contribution in [0.5, 0.6) is 0 Å². The Hall–Kier alpha value is -0.820. The summed E-state index contributed by atoms with van der Waals surface area (Å²) < 4.78 is 0. The maximum absolute atomic E-state index is 3.38. The monoisotopic (exact) mass is 231 g/mol. The first-order valence-corrected chi connectivity index (χ1v) is 6.78. The third-order valence-electron chi connectivity index (χ3n) is 4.70. The van der Waals surface area contributed by atoms with E-state index in [4.69, 9.17) is 0 Å². The van der Waals surface area contributed by atoms with Crippen molar-refractivity contribution in [2.75, 3.05) is 13.6 Å². The molecule has 0 saturated heterocycles. The van der Waals surface area contributed by atoms with E-state index in [0.717, 1.165) is 0 Å². The molecule has 0 heterocycles. The highest BCUT2D eigenvalue weighted by atomic mass is 14.8. The van der Waals surface area contributed by atoms with Crippen LogP contribution in [0.1, 0.15) is 41.5 Å². The highest BCUT2D eigenvalue weighted by molar-refractivity contribution is 5.39. The molecule has 1 aromatic carbocycles. The zero-order valence-corrected chi connectivity index (χ0v) is 11.7. The summed E-state index contributed by atoms with van der Waals surface area (Å²) in [5, 5.41) is 3.38. The van der Waals surface area contributed by atoms with Gasteiger partial charge in [0.1, 0.15) is 0 Å². The number of hydrogen-bond donors (Lipinski definition) is 1. The van der Waals surface area contributed by atoms with E-state index in [1.54, 1.807) is 5.56 Å². The summed E-state index contributed by atoms with van der Waals surface area (Å²) in [4.78, 5) is 0. The largest absolute Gasteiger partial charge is 0.319 e. The molecule has 1 aromatic rings. The van der Waals surface area contributed by atoms with Gasteiger partial charge in [0.05, 0.1) is 0 Å². The number of aryl methyl sites for hydroxylation is 1. The first-order chi connectivity index (χ1) is 8.08. The lowest BCUT2D eigenvalue weighted by Gasteiger charge is -2.42. The van der Waals surface area contributed by atoms with E-state index in [1.807, 2.05) is 0 Å². The minimum absolute atomic E-state index is 0.543. The van der Waals surface area contributed by atoms with Gasteiger partial charge in [0.15, 0.2) is 0 Å². The highest BCUT2D eigenvalue weighted by Gasteiger charge is 2.36. The van der Waals surface area contributed by atoms with Crippen LogP contribution < -0.4 is 5.32 Å². The normalized spacial score (nSPS) is 17.9. The molecule has 1 saturated carbocycles. The number of nitrogens with one attached hydrogen (secondary N) is 1. The summed E-state index contributed by atoms with van der Waals surface area (Å²) >= 11 is 0. The summed E-state index contributed by atoms with van der Waals surface area (Å²) in [6.07, 6.45) is 5.44. The van der Waals surface area contributed by atoms with Crippen molar-refractivity contribution in [2.45, 2.75) is 46.5 Å². The average Bonchev–Trinajstić information content (AvgIpc) is 2.27. The van der Waals surface area contributed by atoms with E-state index in [9.17, 15) is 0 Å². The van der Waals surface area contributed by atoms with Crippen LogP contribution in [0.15, 0.2) is 12.1 Å². The lowest BCUT2D eigenvalue weighted by molar-refractivity contribution is 0.133. The Labute approximate surface area is 106 Å². The van der Waals surface area contributed by atoms with E-state index in [0.29, 0.717) is 5.41 Å². The van der Waals surface area contributed by atoms with Crippen LogP contribution in [0.4, 0.5) is 0 Å². The SMILES string of the molecule is CNCC1(Cc2ccc(C)c(C)c2C)CCC1. The lowest BCUT2D eigenvalue weighted by Crippen LogP contribution is -2.40. The Morgan fingerprint density at radius 3 is 2.35 bits per heavy atom. The van der Waals surface area contributed by atoms with Crippen molar-refractivity contribution < 1.29 is 0 Å². The van der Waals surface area contributed by atoms with Crippen LogP contribution in [0.25, 0.3) is 0 Å². The molecule has 1 aliphatic carbocycles. The molecule has 1 aliphatic rings. The smallest absolute Gasteiger partial charge is 0.000799 e. The summed E-state index contributed by atoms with van der Waals surface area (Å²) in [6.45, 7) is 7.90. The zero-order valence-electron chi connectivity index (χ0n) is 11.7. The third-order valence-corrected chi connectivity index (χ3v) is 4.70. The molecule has 1 fully saturated rings. The molecular weight excluding hydrogens is 206 g/mol. The molecule has 1 N–H and O–H groups in total. The molecule has 0 spiro atoms. The van der Waals surface area contributed by atoms with Gasteiger partial charge in [0.25, 0.3) is 0 Å². The quantitative estimate of drug-likeness (QED) is 0.835. The van der Waals surface area contributed by atoms with Gasteiger partial charge in [0, 0.05) is 6.54 Å². The second-order valence-electron chi connectivity index (χ2n) is 5.85. The zero-order chi connectivity index (χ0) is 12.5. The number of rotatable bonds is 4. The van der Waals surface area contributed by atoms with Crippen LogP contribution in [0.3, 0.4) is 0 Å². The van der Waals surface area contributed by atoms with Gasteiger partial charge in [-0.2, -0.15) is 0 Å². The molecule has 0 radical (unpaired) electrons.